The molecule has 1 aliphatic heterocycles. The van der Waals surface area contributed by atoms with Crippen LogP contribution in [0.15, 0.2) is 66.5 Å². The van der Waals surface area contributed by atoms with Crippen molar-refractivity contribution in [3.63, 3.8) is 0 Å². The van der Waals surface area contributed by atoms with Gasteiger partial charge in [-0.05, 0) is 42.0 Å². The number of hydrogen-bond donors (Lipinski definition) is 3. The summed E-state index contributed by atoms with van der Waals surface area (Å²) in [4.78, 5) is 24.3. The Kier molecular flexibility index (Phi) is 4.77. The van der Waals surface area contributed by atoms with Crippen molar-refractivity contribution in [2.45, 2.75) is 6.04 Å². The van der Waals surface area contributed by atoms with Gasteiger partial charge in [-0.15, -0.1) is 0 Å². The second kappa shape index (κ2) is 7.40. The van der Waals surface area contributed by atoms with Crippen LogP contribution in [0.2, 0.25) is 5.02 Å². The third-order valence-corrected chi connectivity index (χ3v) is 4.64. The predicted molar refractivity (Wildman–Crippen MR) is 106 cm³/mol. The standard InChI is InChI=1S/C20H14ClFN4O3/c21-12-2-1-3-14(8-12)24-19(27)15-10-23-26-17(11-4-6-13(22)7-5-11)9-16(20(28)29)25-18(15)26/h1-10,17,25H,(H,24,27)(H,28,29)/t17-/m0/s1. The smallest absolute Gasteiger partial charge is 0.352 e. The van der Waals surface area contributed by atoms with Crippen molar-refractivity contribution in [2.75, 3.05) is 10.6 Å². The highest BCUT2D eigenvalue weighted by molar-refractivity contribution is 6.31. The first-order valence-corrected chi connectivity index (χ1v) is 8.92. The number of aromatic nitrogens is 2. The van der Waals surface area contributed by atoms with Crippen LogP contribution in [0.1, 0.15) is 22.0 Å². The Hall–Kier alpha value is -3.65. The number of carbonyl (C=O) groups is 2. The van der Waals surface area contributed by atoms with E-state index in [2.05, 4.69) is 15.7 Å². The number of carboxylic acid groups (broad SMARTS) is 1. The van der Waals surface area contributed by atoms with Crippen LogP contribution in [0.25, 0.3) is 0 Å². The van der Waals surface area contributed by atoms with Gasteiger partial charge in [0.2, 0.25) is 0 Å². The van der Waals surface area contributed by atoms with E-state index in [1.54, 1.807) is 36.4 Å². The van der Waals surface area contributed by atoms with Gasteiger partial charge in [-0.25, -0.2) is 13.9 Å². The van der Waals surface area contributed by atoms with Gasteiger partial charge in [-0.1, -0.05) is 29.8 Å². The Morgan fingerprint density at radius 3 is 2.66 bits per heavy atom. The lowest BCUT2D eigenvalue weighted by atomic mass is 10.0. The summed E-state index contributed by atoms with van der Waals surface area (Å²) in [7, 11) is 0. The van der Waals surface area contributed by atoms with E-state index in [0.29, 0.717) is 16.3 Å². The van der Waals surface area contributed by atoms with Crippen molar-refractivity contribution in [2.24, 2.45) is 0 Å². The highest BCUT2D eigenvalue weighted by Crippen LogP contribution is 2.32. The summed E-state index contributed by atoms with van der Waals surface area (Å²) in [6, 6.07) is 11.7. The largest absolute Gasteiger partial charge is 0.477 e. The number of halogens is 2. The van der Waals surface area contributed by atoms with Crippen molar-refractivity contribution in [3.05, 3.63) is 88.5 Å². The molecule has 146 valence electrons. The van der Waals surface area contributed by atoms with Gasteiger partial charge in [-0.2, -0.15) is 5.10 Å². The normalized spacial score (nSPS) is 15.1. The minimum atomic E-state index is -1.19. The lowest BCUT2D eigenvalue weighted by Gasteiger charge is -2.24. The van der Waals surface area contributed by atoms with Gasteiger partial charge in [0.05, 0.1) is 12.2 Å². The summed E-state index contributed by atoms with van der Waals surface area (Å²) in [6.45, 7) is 0. The fraction of sp³-hybridized carbons (Fsp3) is 0.0500. The summed E-state index contributed by atoms with van der Waals surface area (Å²) in [5.41, 5.74) is 1.16. The molecule has 1 aromatic heterocycles. The highest BCUT2D eigenvalue weighted by atomic mass is 35.5. The number of amides is 1. The number of allylic oxidation sites excluding steroid dienone is 1. The molecule has 0 aliphatic carbocycles. The van der Waals surface area contributed by atoms with Crippen molar-refractivity contribution >= 4 is 35.0 Å². The van der Waals surface area contributed by atoms with Crippen LogP contribution >= 0.6 is 11.6 Å². The van der Waals surface area contributed by atoms with Gasteiger partial charge in [0, 0.05) is 10.7 Å². The lowest BCUT2D eigenvalue weighted by Crippen LogP contribution is -2.25. The number of fused-ring (bicyclic) bond motifs is 1. The zero-order chi connectivity index (χ0) is 20.5. The topological polar surface area (TPSA) is 96.2 Å². The van der Waals surface area contributed by atoms with Crippen LogP contribution in [-0.2, 0) is 4.79 Å². The third-order valence-electron chi connectivity index (χ3n) is 4.41. The van der Waals surface area contributed by atoms with Crippen LogP contribution in [0.3, 0.4) is 0 Å². The molecule has 4 rings (SSSR count). The molecule has 0 radical (unpaired) electrons. The van der Waals surface area contributed by atoms with E-state index in [-0.39, 0.29) is 17.1 Å². The Balaban J connectivity index is 1.72. The van der Waals surface area contributed by atoms with Gasteiger partial charge in [-0.3, -0.25) is 4.79 Å². The summed E-state index contributed by atoms with van der Waals surface area (Å²) in [5.74, 6) is -1.86. The van der Waals surface area contributed by atoms with Crippen molar-refractivity contribution < 1.29 is 19.1 Å². The second-order valence-corrected chi connectivity index (χ2v) is 6.76. The van der Waals surface area contributed by atoms with Gasteiger partial charge in [0.25, 0.3) is 5.91 Å². The fourth-order valence-electron chi connectivity index (χ4n) is 3.05. The Morgan fingerprint density at radius 2 is 1.97 bits per heavy atom. The first-order valence-electron chi connectivity index (χ1n) is 8.54. The van der Waals surface area contributed by atoms with Crippen molar-refractivity contribution in [3.8, 4) is 0 Å². The molecule has 7 nitrogen and oxygen atoms in total. The number of benzene rings is 2. The van der Waals surface area contributed by atoms with E-state index in [1.807, 2.05) is 0 Å². The molecule has 2 aromatic carbocycles. The Labute approximate surface area is 169 Å². The molecule has 0 fully saturated rings. The van der Waals surface area contributed by atoms with Crippen LogP contribution in [0, 0.1) is 5.82 Å². The SMILES string of the molecule is O=C(O)C1=C[C@@H](c2ccc(F)cc2)n2ncc(C(=O)Nc3cccc(Cl)c3)c2N1. The molecule has 3 N–H and O–H groups in total. The molecular weight excluding hydrogens is 399 g/mol. The van der Waals surface area contributed by atoms with Crippen LogP contribution < -0.4 is 10.6 Å². The number of nitrogens with zero attached hydrogens (tertiary/aromatic N) is 2. The first-order chi connectivity index (χ1) is 13.9. The summed E-state index contributed by atoms with van der Waals surface area (Å²) in [5, 5.41) is 19.6. The minimum absolute atomic E-state index is 0.107. The average Bonchev–Trinajstić information content (AvgIpc) is 3.12. The maximum Gasteiger partial charge on any atom is 0.352 e. The van der Waals surface area contributed by atoms with Crippen LogP contribution in [0.5, 0.6) is 0 Å². The molecule has 2 heterocycles. The Morgan fingerprint density at radius 1 is 1.21 bits per heavy atom. The molecule has 0 saturated carbocycles. The van der Waals surface area contributed by atoms with Crippen LogP contribution in [0.4, 0.5) is 15.9 Å². The third kappa shape index (κ3) is 3.70. The molecule has 1 aliphatic rings. The van der Waals surface area contributed by atoms with E-state index in [1.165, 1.54) is 29.1 Å². The van der Waals surface area contributed by atoms with Gasteiger partial charge in [0.15, 0.2) is 0 Å². The molecule has 0 spiro atoms. The van der Waals surface area contributed by atoms with Crippen molar-refractivity contribution in [1.29, 1.82) is 0 Å². The Bertz CT molecular complexity index is 1140. The van der Waals surface area contributed by atoms with E-state index in [9.17, 15) is 19.1 Å². The van der Waals surface area contributed by atoms with Crippen molar-refractivity contribution in [1.82, 2.24) is 9.78 Å². The zero-order valence-corrected chi connectivity index (χ0v) is 15.5. The average molecular weight is 413 g/mol. The maximum absolute atomic E-state index is 13.3. The molecular formula is C20H14ClFN4O3. The van der Waals surface area contributed by atoms with E-state index in [0.717, 1.165) is 0 Å². The second-order valence-electron chi connectivity index (χ2n) is 6.32. The molecule has 0 saturated heterocycles. The fourth-order valence-corrected chi connectivity index (χ4v) is 3.24. The van der Waals surface area contributed by atoms with Gasteiger partial charge >= 0.3 is 5.97 Å². The number of aliphatic carboxylic acids is 1. The minimum Gasteiger partial charge on any atom is -0.477 e. The molecule has 0 unspecified atom stereocenters. The molecule has 1 amide bonds. The number of anilines is 2. The quantitative estimate of drug-likeness (QED) is 0.603. The van der Waals surface area contributed by atoms with E-state index < -0.39 is 23.7 Å². The molecule has 0 bridgehead atoms. The number of rotatable bonds is 4. The number of nitrogens with one attached hydrogen (secondary N) is 2. The molecule has 3 aromatic rings. The zero-order valence-electron chi connectivity index (χ0n) is 14.8. The first kappa shape index (κ1) is 18.7. The summed E-state index contributed by atoms with van der Waals surface area (Å²) < 4.78 is 14.8. The van der Waals surface area contributed by atoms with Gasteiger partial charge < -0.3 is 15.7 Å². The predicted octanol–water partition coefficient (Wildman–Crippen LogP) is 3.91. The summed E-state index contributed by atoms with van der Waals surface area (Å²) in [6.07, 6.45) is 2.80. The van der Waals surface area contributed by atoms with E-state index in [4.69, 9.17) is 11.6 Å². The van der Waals surface area contributed by atoms with E-state index >= 15 is 0 Å². The van der Waals surface area contributed by atoms with Crippen LogP contribution in [-0.4, -0.2) is 26.8 Å². The number of carbonyl (C=O) groups excluding carboxylic acids is 1. The number of carboxylic acids is 1. The van der Waals surface area contributed by atoms with Gasteiger partial charge in [0.1, 0.15) is 22.9 Å². The maximum atomic E-state index is 13.3. The molecule has 29 heavy (non-hydrogen) atoms. The lowest BCUT2D eigenvalue weighted by molar-refractivity contribution is -0.132. The summed E-state index contributed by atoms with van der Waals surface area (Å²) >= 11 is 5.94. The number of hydrogen-bond acceptors (Lipinski definition) is 4. The molecule has 1 atom stereocenters. The highest BCUT2D eigenvalue weighted by Gasteiger charge is 2.29. The monoisotopic (exact) mass is 412 g/mol. The molecule has 9 heteroatoms.